The van der Waals surface area contributed by atoms with E-state index < -0.39 is 23.1 Å². The molecule has 1 aromatic carbocycles. The third-order valence-corrected chi connectivity index (χ3v) is 10.1. The lowest BCUT2D eigenvalue weighted by molar-refractivity contribution is -0.146. The van der Waals surface area contributed by atoms with Crippen molar-refractivity contribution in [1.29, 1.82) is 0 Å². The highest BCUT2D eigenvalue weighted by atomic mass is 32.2. The fraction of sp³-hybridized carbons (Fsp3) is 0.484. The van der Waals surface area contributed by atoms with Crippen LogP contribution in [0.25, 0.3) is 0 Å². The Morgan fingerprint density at radius 2 is 1.76 bits per heavy atom. The number of esters is 1. The van der Waals surface area contributed by atoms with Gasteiger partial charge in [-0.25, -0.2) is 4.79 Å². The molecule has 2 aliphatic rings. The number of nitrogens with one attached hydrogen (secondary N) is 2. The van der Waals surface area contributed by atoms with Crippen molar-refractivity contribution in [1.82, 2.24) is 0 Å². The zero-order valence-corrected chi connectivity index (χ0v) is 25.2. The molecule has 0 saturated heterocycles. The standard InChI is InChI=1S/C31H38N2O6S2/c1-3-24(28(35)33-29-26(31(38)39-4-2)23-16-7-5-6-8-17-25(23)41-29)40-20-13-11-12-19(18-20)32-27(34)21-14-9-10-15-22(21)30(36)37/h9-13,18,21-22,24H,3-8,14-17H2,1-2H3,(H,32,34)(H,33,35)(H,36,37). The molecular weight excluding hydrogens is 560 g/mol. The van der Waals surface area contributed by atoms with Crippen LogP contribution in [0.4, 0.5) is 10.7 Å². The Labute approximate surface area is 249 Å². The molecule has 0 spiro atoms. The van der Waals surface area contributed by atoms with Crippen molar-refractivity contribution < 1.29 is 29.0 Å². The van der Waals surface area contributed by atoms with Crippen molar-refractivity contribution in [3.8, 4) is 0 Å². The van der Waals surface area contributed by atoms with Crippen LogP contribution in [0.5, 0.6) is 0 Å². The summed E-state index contributed by atoms with van der Waals surface area (Å²) in [5.41, 5.74) is 2.08. The third-order valence-electron chi connectivity index (χ3n) is 7.52. The summed E-state index contributed by atoms with van der Waals surface area (Å²) in [6.45, 7) is 3.99. The molecule has 0 fully saturated rings. The van der Waals surface area contributed by atoms with Gasteiger partial charge in [0.1, 0.15) is 5.00 Å². The lowest BCUT2D eigenvalue weighted by Crippen LogP contribution is -2.34. The highest BCUT2D eigenvalue weighted by Crippen LogP contribution is 2.38. The van der Waals surface area contributed by atoms with Crippen molar-refractivity contribution in [3.63, 3.8) is 0 Å². The molecule has 8 nitrogen and oxygen atoms in total. The monoisotopic (exact) mass is 598 g/mol. The third kappa shape index (κ3) is 7.80. The topological polar surface area (TPSA) is 122 Å². The van der Waals surface area contributed by atoms with Gasteiger partial charge in [-0.1, -0.05) is 38.0 Å². The van der Waals surface area contributed by atoms with Crippen LogP contribution in [0.15, 0.2) is 41.3 Å². The van der Waals surface area contributed by atoms with E-state index in [1.54, 1.807) is 31.2 Å². The molecule has 3 atom stereocenters. The quantitative estimate of drug-likeness (QED) is 0.158. The van der Waals surface area contributed by atoms with Gasteiger partial charge in [-0.05, 0) is 75.6 Å². The summed E-state index contributed by atoms with van der Waals surface area (Å²) in [7, 11) is 0. The highest BCUT2D eigenvalue weighted by Gasteiger charge is 2.34. The van der Waals surface area contributed by atoms with E-state index >= 15 is 0 Å². The molecule has 1 aromatic heterocycles. The van der Waals surface area contributed by atoms with Gasteiger partial charge in [-0.15, -0.1) is 23.1 Å². The van der Waals surface area contributed by atoms with Gasteiger partial charge in [-0.2, -0.15) is 0 Å². The summed E-state index contributed by atoms with van der Waals surface area (Å²) in [5, 5.41) is 15.6. The lowest BCUT2D eigenvalue weighted by atomic mass is 9.82. The van der Waals surface area contributed by atoms with Gasteiger partial charge in [0.2, 0.25) is 11.8 Å². The van der Waals surface area contributed by atoms with E-state index in [2.05, 4.69) is 10.6 Å². The minimum Gasteiger partial charge on any atom is -0.481 e. The highest BCUT2D eigenvalue weighted by molar-refractivity contribution is 8.00. The molecule has 2 aliphatic carbocycles. The van der Waals surface area contributed by atoms with Crippen LogP contribution < -0.4 is 10.6 Å². The molecule has 220 valence electrons. The zero-order valence-electron chi connectivity index (χ0n) is 23.6. The summed E-state index contributed by atoms with van der Waals surface area (Å²) >= 11 is 2.87. The molecule has 10 heteroatoms. The number of hydrogen-bond donors (Lipinski definition) is 3. The first kappa shape index (κ1) is 30.8. The van der Waals surface area contributed by atoms with E-state index in [1.165, 1.54) is 29.5 Å². The maximum absolute atomic E-state index is 13.5. The lowest BCUT2D eigenvalue weighted by Gasteiger charge is -2.24. The summed E-state index contributed by atoms with van der Waals surface area (Å²) in [6, 6.07) is 7.23. The molecule has 0 radical (unpaired) electrons. The second kappa shape index (κ2) is 14.7. The van der Waals surface area contributed by atoms with Gasteiger partial charge < -0.3 is 20.5 Å². The predicted octanol–water partition coefficient (Wildman–Crippen LogP) is 6.70. The minimum atomic E-state index is -0.973. The number of aryl methyl sites for hydroxylation is 1. The number of carbonyl (C=O) groups excluding carboxylic acids is 3. The van der Waals surface area contributed by atoms with Crippen molar-refractivity contribution >= 4 is 57.5 Å². The summed E-state index contributed by atoms with van der Waals surface area (Å²) in [5.74, 6) is -3.26. The van der Waals surface area contributed by atoms with E-state index in [0.717, 1.165) is 47.4 Å². The fourth-order valence-electron chi connectivity index (χ4n) is 5.36. The van der Waals surface area contributed by atoms with Gasteiger partial charge in [0, 0.05) is 15.5 Å². The first-order chi connectivity index (χ1) is 19.8. The molecule has 3 unspecified atom stereocenters. The zero-order chi connectivity index (χ0) is 29.4. The Bertz CT molecular complexity index is 1300. The molecule has 3 N–H and O–H groups in total. The number of amides is 2. The van der Waals surface area contributed by atoms with E-state index in [9.17, 15) is 24.3 Å². The number of carboxylic acids is 1. The second-order valence-corrected chi connectivity index (χ2v) is 12.7. The first-order valence-electron chi connectivity index (χ1n) is 14.4. The molecular formula is C31H38N2O6S2. The van der Waals surface area contributed by atoms with Gasteiger partial charge in [0.15, 0.2) is 0 Å². The summed E-state index contributed by atoms with van der Waals surface area (Å²) < 4.78 is 5.38. The largest absolute Gasteiger partial charge is 0.481 e. The van der Waals surface area contributed by atoms with Crippen molar-refractivity contribution in [2.75, 3.05) is 17.2 Å². The number of carboxylic acid groups (broad SMARTS) is 1. The normalized spacial score (nSPS) is 19.3. The number of ether oxygens (including phenoxy) is 1. The van der Waals surface area contributed by atoms with Crippen LogP contribution in [0.3, 0.4) is 0 Å². The van der Waals surface area contributed by atoms with Crippen molar-refractivity contribution in [3.05, 3.63) is 52.4 Å². The predicted molar refractivity (Wildman–Crippen MR) is 163 cm³/mol. The van der Waals surface area contributed by atoms with Crippen LogP contribution in [-0.2, 0) is 32.0 Å². The van der Waals surface area contributed by atoms with E-state index in [-0.39, 0.29) is 24.4 Å². The molecule has 2 aromatic rings. The number of allylic oxidation sites excluding steroid dienone is 2. The average molecular weight is 599 g/mol. The van der Waals surface area contributed by atoms with E-state index in [4.69, 9.17) is 4.74 Å². The molecule has 41 heavy (non-hydrogen) atoms. The number of hydrogen-bond acceptors (Lipinski definition) is 7. The fourth-order valence-corrected chi connectivity index (χ4v) is 7.66. The van der Waals surface area contributed by atoms with Gasteiger partial charge in [0.05, 0.1) is 29.3 Å². The number of fused-ring (bicyclic) bond motifs is 1. The van der Waals surface area contributed by atoms with Crippen molar-refractivity contribution in [2.24, 2.45) is 11.8 Å². The van der Waals surface area contributed by atoms with Crippen LogP contribution in [0.1, 0.15) is 79.6 Å². The molecule has 0 aliphatic heterocycles. The maximum atomic E-state index is 13.5. The Kier molecular flexibility index (Phi) is 11.0. The van der Waals surface area contributed by atoms with Gasteiger partial charge >= 0.3 is 11.9 Å². The SMILES string of the molecule is CCOC(=O)c1c(NC(=O)C(CC)Sc2cccc(NC(=O)C3CC=CCC3C(=O)O)c2)sc2c1CCCCCC2. The van der Waals surface area contributed by atoms with Crippen LogP contribution >= 0.6 is 23.1 Å². The number of thiophene rings is 1. The van der Waals surface area contributed by atoms with Crippen LogP contribution in [0.2, 0.25) is 0 Å². The Hall–Kier alpha value is -3.11. The molecule has 4 rings (SSSR count). The number of anilines is 2. The summed E-state index contributed by atoms with van der Waals surface area (Å²) in [4.78, 5) is 53.0. The van der Waals surface area contributed by atoms with Gasteiger partial charge in [-0.3, -0.25) is 14.4 Å². The average Bonchev–Trinajstić information content (AvgIpc) is 3.27. The van der Waals surface area contributed by atoms with Gasteiger partial charge in [0.25, 0.3) is 0 Å². The molecule has 0 saturated carbocycles. The van der Waals surface area contributed by atoms with Crippen LogP contribution in [0, 0.1) is 11.8 Å². The molecule has 0 bridgehead atoms. The van der Waals surface area contributed by atoms with E-state index in [0.29, 0.717) is 35.5 Å². The Balaban J connectivity index is 1.47. The van der Waals surface area contributed by atoms with Crippen molar-refractivity contribution in [2.45, 2.75) is 81.8 Å². The summed E-state index contributed by atoms with van der Waals surface area (Å²) in [6.07, 6.45) is 11.0. The minimum absolute atomic E-state index is 0.190. The number of thioether (sulfide) groups is 1. The number of aliphatic carboxylic acids is 1. The second-order valence-electron chi connectivity index (χ2n) is 10.4. The first-order valence-corrected chi connectivity index (χ1v) is 16.1. The number of carbonyl (C=O) groups is 4. The number of rotatable bonds is 10. The molecule has 1 heterocycles. The van der Waals surface area contributed by atoms with E-state index in [1.807, 2.05) is 19.1 Å². The number of benzene rings is 1. The Morgan fingerprint density at radius 1 is 1.02 bits per heavy atom. The molecule has 2 amide bonds. The maximum Gasteiger partial charge on any atom is 0.341 e. The Morgan fingerprint density at radius 3 is 2.46 bits per heavy atom. The smallest absolute Gasteiger partial charge is 0.341 e. The van der Waals surface area contributed by atoms with Crippen LogP contribution in [-0.4, -0.2) is 40.7 Å².